The van der Waals surface area contributed by atoms with E-state index in [1.807, 2.05) is 0 Å². The molecule has 0 unspecified atom stereocenters. The van der Waals surface area contributed by atoms with Crippen molar-refractivity contribution >= 4 is 34.0 Å². The van der Waals surface area contributed by atoms with E-state index >= 15 is 0 Å². The van der Waals surface area contributed by atoms with Crippen molar-refractivity contribution in [2.45, 2.75) is 19.8 Å². The van der Waals surface area contributed by atoms with E-state index in [9.17, 15) is 9.59 Å². The number of carbonyl (C=O) groups is 2. The number of rotatable bonds is 12. The first-order valence-electron chi connectivity index (χ1n) is 11.3. The Labute approximate surface area is 218 Å². The predicted octanol–water partition coefficient (Wildman–Crippen LogP) is 5.38. The maximum Gasteiger partial charge on any atom is 0.343 e. The molecular formula is C27H27BrN2O6. The molecule has 3 aromatic rings. The number of amides is 1. The van der Waals surface area contributed by atoms with E-state index in [1.54, 1.807) is 73.8 Å². The lowest BCUT2D eigenvalue weighted by atomic mass is 10.2. The molecule has 0 atom stereocenters. The third-order valence-electron chi connectivity index (χ3n) is 4.85. The molecule has 1 amide bonds. The minimum Gasteiger partial charge on any atom is -0.497 e. The van der Waals surface area contributed by atoms with Gasteiger partial charge in [-0.05, 0) is 73.2 Å². The Balaban J connectivity index is 1.53. The molecule has 1 N–H and O–H groups in total. The number of nitrogens with one attached hydrogen (secondary N) is 1. The Hall–Kier alpha value is -3.85. The lowest BCUT2D eigenvalue weighted by Crippen LogP contribution is -2.24. The highest BCUT2D eigenvalue weighted by Crippen LogP contribution is 2.23. The third kappa shape index (κ3) is 8.42. The zero-order valence-electron chi connectivity index (χ0n) is 20.0. The minimum absolute atomic E-state index is 0.217. The number of hydrogen-bond acceptors (Lipinski definition) is 7. The monoisotopic (exact) mass is 554 g/mol. The number of hydrazone groups is 1. The largest absolute Gasteiger partial charge is 0.497 e. The second kappa shape index (κ2) is 13.9. The molecule has 188 valence electrons. The SMILES string of the molecule is CCCCOc1ccc(OCC(=O)N/N=C/c2cc(Br)ccc2OC(=O)c2ccc(OC)cc2)cc1. The molecule has 3 rings (SSSR count). The van der Waals surface area contributed by atoms with Crippen molar-refractivity contribution in [3.8, 4) is 23.0 Å². The van der Waals surface area contributed by atoms with Gasteiger partial charge in [0.25, 0.3) is 5.91 Å². The molecule has 0 heterocycles. The first kappa shape index (κ1) is 26.7. The topological polar surface area (TPSA) is 95.5 Å². The molecule has 0 aliphatic rings. The van der Waals surface area contributed by atoms with Gasteiger partial charge in [0.15, 0.2) is 6.61 Å². The van der Waals surface area contributed by atoms with Crippen molar-refractivity contribution in [1.82, 2.24) is 5.43 Å². The van der Waals surface area contributed by atoms with Crippen LogP contribution in [-0.4, -0.2) is 38.4 Å². The molecule has 0 aliphatic heterocycles. The van der Waals surface area contributed by atoms with Gasteiger partial charge in [-0.3, -0.25) is 4.79 Å². The van der Waals surface area contributed by atoms with Crippen molar-refractivity contribution < 1.29 is 28.5 Å². The Morgan fingerprint density at radius 3 is 2.28 bits per heavy atom. The quantitative estimate of drug-likeness (QED) is 0.106. The summed E-state index contributed by atoms with van der Waals surface area (Å²) in [6, 6.07) is 18.7. The highest BCUT2D eigenvalue weighted by molar-refractivity contribution is 9.10. The Morgan fingerprint density at radius 1 is 0.944 bits per heavy atom. The Bertz CT molecular complexity index is 1180. The van der Waals surface area contributed by atoms with Gasteiger partial charge in [-0.25, -0.2) is 10.2 Å². The smallest absolute Gasteiger partial charge is 0.343 e. The van der Waals surface area contributed by atoms with Gasteiger partial charge in [-0.15, -0.1) is 0 Å². The second-order valence-electron chi connectivity index (χ2n) is 7.56. The summed E-state index contributed by atoms with van der Waals surface area (Å²) >= 11 is 3.39. The maximum atomic E-state index is 12.5. The second-order valence-corrected chi connectivity index (χ2v) is 8.47. The first-order valence-corrected chi connectivity index (χ1v) is 12.1. The van der Waals surface area contributed by atoms with Gasteiger partial charge >= 0.3 is 5.97 Å². The molecule has 0 spiro atoms. The average Bonchev–Trinajstić information content (AvgIpc) is 2.90. The first-order chi connectivity index (χ1) is 17.5. The molecule has 0 saturated carbocycles. The summed E-state index contributed by atoms with van der Waals surface area (Å²) in [5.74, 6) is 1.24. The van der Waals surface area contributed by atoms with E-state index in [2.05, 4.69) is 33.4 Å². The summed E-state index contributed by atoms with van der Waals surface area (Å²) in [5.41, 5.74) is 3.26. The van der Waals surface area contributed by atoms with Crippen LogP contribution in [0.15, 0.2) is 76.3 Å². The lowest BCUT2D eigenvalue weighted by molar-refractivity contribution is -0.123. The van der Waals surface area contributed by atoms with E-state index in [0.717, 1.165) is 23.1 Å². The summed E-state index contributed by atoms with van der Waals surface area (Å²) < 4.78 is 22.5. The summed E-state index contributed by atoms with van der Waals surface area (Å²) in [6.45, 7) is 2.55. The predicted molar refractivity (Wildman–Crippen MR) is 140 cm³/mol. The standard InChI is InChI=1S/C27H27BrN2O6/c1-3-4-15-34-23-10-12-24(13-11-23)35-18-26(31)30-29-17-20-16-21(28)7-14-25(20)36-27(32)19-5-8-22(33-2)9-6-19/h5-14,16-17H,3-4,15,18H2,1-2H3,(H,30,31)/b29-17+. The highest BCUT2D eigenvalue weighted by atomic mass is 79.9. The molecule has 3 aromatic carbocycles. The summed E-state index contributed by atoms with van der Waals surface area (Å²) in [5, 5.41) is 3.96. The molecule has 0 radical (unpaired) electrons. The zero-order chi connectivity index (χ0) is 25.8. The van der Waals surface area contributed by atoms with Gasteiger partial charge in [0.1, 0.15) is 23.0 Å². The molecule has 0 bridgehead atoms. The Kier molecular flexibility index (Phi) is 10.3. The Morgan fingerprint density at radius 2 is 1.61 bits per heavy atom. The van der Waals surface area contributed by atoms with E-state index in [0.29, 0.717) is 29.2 Å². The number of hydrogen-bond donors (Lipinski definition) is 1. The molecule has 0 fully saturated rings. The van der Waals surface area contributed by atoms with Gasteiger partial charge in [-0.1, -0.05) is 29.3 Å². The van der Waals surface area contributed by atoms with Crippen LogP contribution >= 0.6 is 15.9 Å². The highest BCUT2D eigenvalue weighted by Gasteiger charge is 2.12. The van der Waals surface area contributed by atoms with E-state index in [-0.39, 0.29) is 12.4 Å². The third-order valence-corrected chi connectivity index (χ3v) is 5.35. The zero-order valence-corrected chi connectivity index (χ0v) is 21.6. The number of methoxy groups -OCH3 is 1. The number of benzene rings is 3. The van der Waals surface area contributed by atoms with Crippen LogP contribution in [0.3, 0.4) is 0 Å². The van der Waals surface area contributed by atoms with E-state index in [4.69, 9.17) is 18.9 Å². The normalized spacial score (nSPS) is 10.6. The fourth-order valence-electron chi connectivity index (χ4n) is 2.92. The molecule has 0 aliphatic carbocycles. The van der Waals surface area contributed by atoms with Crippen LogP contribution in [-0.2, 0) is 4.79 Å². The van der Waals surface area contributed by atoms with Crippen molar-refractivity contribution in [3.05, 3.63) is 82.3 Å². The number of carbonyl (C=O) groups excluding carboxylic acids is 2. The van der Waals surface area contributed by atoms with Gasteiger partial charge in [0.2, 0.25) is 0 Å². The summed E-state index contributed by atoms with van der Waals surface area (Å²) in [6.07, 6.45) is 3.45. The van der Waals surface area contributed by atoms with Gasteiger partial charge in [-0.2, -0.15) is 5.10 Å². The fourth-order valence-corrected chi connectivity index (χ4v) is 3.30. The van der Waals surface area contributed by atoms with E-state index in [1.165, 1.54) is 6.21 Å². The van der Waals surface area contributed by atoms with Crippen LogP contribution in [0.4, 0.5) is 0 Å². The fraction of sp³-hybridized carbons (Fsp3) is 0.222. The van der Waals surface area contributed by atoms with Gasteiger partial charge < -0.3 is 18.9 Å². The lowest BCUT2D eigenvalue weighted by Gasteiger charge is -2.09. The number of esters is 1. The van der Waals surface area contributed by atoms with Crippen molar-refractivity contribution in [3.63, 3.8) is 0 Å². The van der Waals surface area contributed by atoms with Gasteiger partial charge in [0, 0.05) is 10.0 Å². The van der Waals surface area contributed by atoms with E-state index < -0.39 is 11.9 Å². The summed E-state index contributed by atoms with van der Waals surface area (Å²) in [7, 11) is 1.55. The molecule has 9 heteroatoms. The number of halogens is 1. The van der Waals surface area contributed by atoms with Crippen LogP contribution in [0.1, 0.15) is 35.7 Å². The van der Waals surface area contributed by atoms with Crippen LogP contribution in [0.2, 0.25) is 0 Å². The summed E-state index contributed by atoms with van der Waals surface area (Å²) in [4.78, 5) is 24.7. The molecule has 0 saturated heterocycles. The minimum atomic E-state index is -0.533. The molecule has 36 heavy (non-hydrogen) atoms. The number of ether oxygens (including phenoxy) is 4. The number of unbranched alkanes of at least 4 members (excludes halogenated alkanes) is 1. The molecule has 0 aromatic heterocycles. The average molecular weight is 555 g/mol. The number of nitrogens with zero attached hydrogens (tertiary/aromatic N) is 1. The van der Waals surface area contributed by atoms with Crippen LogP contribution in [0, 0.1) is 0 Å². The maximum absolute atomic E-state index is 12.5. The van der Waals surface area contributed by atoms with Crippen molar-refractivity contribution in [2.75, 3.05) is 20.3 Å². The van der Waals surface area contributed by atoms with Crippen LogP contribution in [0.25, 0.3) is 0 Å². The van der Waals surface area contributed by atoms with Crippen LogP contribution in [0.5, 0.6) is 23.0 Å². The molecular weight excluding hydrogens is 528 g/mol. The molecule has 8 nitrogen and oxygen atoms in total. The van der Waals surface area contributed by atoms with Crippen molar-refractivity contribution in [1.29, 1.82) is 0 Å². The van der Waals surface area contributed by atoms with Crippen molar-refractivity contribution in [2.24, 2.45) is 5.10 Å². The van der Waals surface area contributed by atoms with Gasteiger partial charge in [0.05, 0.1) is 25.5 Å². The van der Waals surface area contributed by atoms with Crippen LogP contribution < -0.4 is 24.4 Å².